The zero-order valence-corrected chi connectivity index (χ0v) is 14.4. The second-order valence-corrected chi connectivity index (χ2v) is 6.52. The molecule has 6 nitrogen and oxygen atoms in total. The van der Waals surface area contributed by atoms with Crippen LogP contribution in [-0.2, 0) is 16.0 Å². The lowest BCUT2D eigenvalue weighted by molar-refractivity contribution is -0.150. The fourth-order valence-electron chi connectivity index (χ4n) is 2.94. The first-order valence-electron chi connectivity index (χ1n) is 8.29. The SMILES string of the molecule is C[C@]1(C(N)=O)CN(C(=O)c2cncc(Cc3ccccc3F)c2)CCO1. The average Bonchev–Trinajstić information content (AvgIpc) is 2.63. The molecular weight excluding hydrogens is 337 g/mol. The minimum absolute atomic E-state index is 0.0821. The van der Waals surface area contributed by atoms with E-state index in [0.29, 0.717) is 24.1 Å². The Morgan fingerprint density at radius 1 is 1.35 bits per heavy atom. The number of aromatic nitrogens is 1. The van der Waals surface area contributed by atoms with Gasteiger partial charge in [0.25, 0.3) is 11.8 Å². The zero-order chi connectivity index (χ0) is 18.7. The van der Waals surface area contributed by atoms with Crippen molar-refractivity contribution in [1.82, 2.24) is 9.88 Å². The van der Waals surface area contributed by atoms with Gasteiger partial charge in [0, 0.05) is 25.4 Å². The number of benzene rings is 1. The Morgan fingerprint density at radius 3 is 2.85 bits per heavy atom. The molecule has 2 amide bonds. The number of morpholine rings is 1. The summed E-state index contributed by atoms with van der Waals surface area (Å²) in [7, 11) is 0. The lowest BCUT2D eigenvalue weighted by Crippen LogP contribution is -2.58. The van der Waals surface area contributed by atoms with Gasteiger partial charge in [-0.25, -0.2) is 4.39 Å². The molecule has 0 unspecified atom stereocenters. The summed E-state index contributed by atoms with van der Waals surface area (Å²) >= 11 is 0. The summed E-state index contributed by atoms with van der Waals surface area (Å²) in [6.07, 6.45) is 3.41. The van der Waals surface area contributed by atoms with E-state index < -0.39 is 11.5 Å². The second-order valence-electron chi connectivity index (χ2n) is 6.52. The summed E-state index contributed by atoms with van der Waals surface area (Å²) in [6, 6.07) is 8.18. The van der Waals surface area contributed by atoms with Crippen LogP contribution >= 0.6 is 0 Å². The average molecular weight is 357 g/mol. The van der Waals surface area contributed by atoms with E-state index in [9.17, 15) is 14.0 Å². The van der Waals surface area contributed by atoms with Crippen molar-refractivity contribution in [1.29, 1.82) is 0 Å². The molecule has 1 saturated heterocycles. The number of primary amides is 1. The van der Waals surface area contributed by atoms with Crippen LogP contribution in [-0.4, -0.2) is 47.0 Å². The Balaban J connectivity index is 1.78. The van der Waals surface area contributed by atoms with Crippen molar-refractivity contribution >= 4 is 11.8 Å². The Bertz CT molecular complexity index is 842. The maximum atomic E-state index is 13.8. The van der Waals surface area contributed by atoms with Gasteiger partial charge in [0.05, 0.1) is 18.7 Å². The first kappa shape index (κ1) is 18.0. The Labute approximate surface area is 150 Å². The Kier molecular flexibility index (Phi) is 4.99. The fraction of sp³-hybridized carbons (Fsp3) is 0.316. The number of pyridine rings is 1. The third kappa shape index (κ3) is 3.72. The van der Waals surface area contributed by atoms with Crippen molar-refractivity contribution in [2.45, 2.75) is 18.9 Å². The van der Waals surface area contributed by atoms with E-state index in [0.717, 1.165) is 5.56 Å². The van der Waals surface area contributed by atoms with Crippen LogP contribution in [0.2, 0.25) is 0 Å². The van der Waals surface area contributed by atoms with E-state index in [4.69, 9.17) is 10.5 Å². The van der Waals surface area contributed by atoms with Gasteiger partial charge in [0.1, 0.15) is 5.82 Å². The van der Waals surface area contributed by atoms with Gasteiger partial charge in [-0.3, -0.25) is 14.6 Å². The molecular formula is C19H20FN3O3. The number of halogens is 1. The topological polar surface area (TPSA) is 85.5 Å². The van der Waals surface area contributed by atoms with Gasteiger partial charge in [-0.05, 0) is 30.2 Å². The molecule has 0 bridgehead atoms. The van der Waals surface area contributed by atoms with Crippen molar-refractivity contribution in [2.24, 2.45) is 5.73 Å². The van der Waals surface area contributed by atoms with Crippen LogP contribution in [0.15, 0.2) is 42.7 Å². The minimum Gasteiger partial charge on any atom is -0.367 e. The summed E-state index contributed by atoms with van der Waals surface area (Å²) in [5.41, 5.74) is 5.82. The van der Waals surface area contributed by atoms with Crippen LogP contribution in [0, 0.1) is 5.82 Å². The van der Waals surface area contributed by atoms with Gasteiger partial charge in [-0.15, -0.1) is 0 Å². The smallest absolute Gasteiger partial charge is 0.255 e. The first-order chi connectivity index (χ1) is 12.4. The van der Waals surface area contributed by atoms with Crippen LogP contribution in [0.25, 0.3) is 0 Å². The zero-order valence-electron chi connectivity index (χ0n) is 14.4. The molecule has 136 valence electrons. The highest BCUT2D eigenvalue weighted by atomic mass is 19.1. The van der Waals surface area contributed by atoms with Crippen molar-refractivity contribution < 1.29 is 18.7 Å². The van der Waals surface area contributed by atoms with Gasteiger partial charge in [-0.1, -0.05) is 18.2 Å². The largest absolute Gasteiger partial charge is 0.367 e. The predicted octanol–water partition coefficient (Wildman–Crippen LogP) is 1.53. The number of hydrogen-bond acceptors (Lipinski definition) is 4. The van der Waals surface area contributed by atoms with Crippen LogP contribution < -0.4 is 5.73 Å². The molecule has 1 aromatic carbocycles. The lowest BCUT2D eigenvalue weighted by atomic mass is 10.0. The minimum atomic E-state index is -1.20. The van der Waals surface area contributed by atoms with Gasteiger partial charge < -0.3 is 15.4 Å². The second kappa shape index (κ2) is 7.21. The number of nitrogens with zero attached hydrogens (tertiary/aromatic N) is 2. The maximum Gasteiger partial charge on any atom is 0.255 e. The molecule has 2 heterocycles. The first-order valence-corrected chi connectivity index (χ1v) is 8.29. The fourth-order valence-corrected chi connectivity index (χ4v) is 2.94. The molecule has 7 heteroatoms. The molecule has 2 aromatic rings. The molecule has 26 heavy (non-hydrogen) atoms. The van der Waals surface area contributed by atoms with Crippen molar-refractivity contribution in [2.75, 3.05) is 19.7 Å². The third-order valence-corrected chi connectivity index (χ3v) is 4.48. The lowest BCUT2D eigenvalue weighted by Gasteiger charge is -2.38. The number of amides is 2. The van der Waals surface area contributed by atoms with E-state index in [1.807, 2.05) is 0 Å². The molecule has 0 saturated carbocycles. The number of carbonyl (C=O) groups is 2. The van der Waals surface area contributed by atoms with Crippen molar-refractivity contribution in [3.8, 4) is 0 Å². The quantitative estimate of drug-likeness (QED) is 0.899. The monoisotopic (exact) mass is 357 g/mol. The van der Waals surface area contributed by atoms with Crippen LogP contribution in [0.4, 0.5) is 4.39 Å². The van der Waals surface area contributed by atoms with Gasteiger partial charge in [0.2, 0.25) is 0 Å². The molecule has 0 spiro atoms. The molecule has 2 N–H and O–H groups in total. The highest BCUT2D eigenvalue weighted by Gasteiger charge is 2.39. The Morgan fingerprint density at radius 2 is 2.12 bits per heavy atom. The number of rotatable bonds is 4. The highest BCUT2D eigenvalue weighted by Crippen LogP contribution is 2.20. The molecule has 1 aromatic heterocycles. The van der Waals surface area contributed by atoms with E-state index in [-0.39, 0.29) is 24.9 Å². The molecule has 1 fully saturated rings. The molecule has 1 aliphatic heterocycles. The van der Waals surface area contributed by atoms with Crippen LogP contribution in [0.5, 0.6) is 0 Å². The number of hydrogen-bond donors (Lipinski definition) is 1. The van der Waals surface area contributed by atoms with E-state index in [2.05, 4.69) is 4.98 Å². The summed E-state index contributed by atoms with van der Waals surface area (Å²) < 4.78 is 19.3. The highest BCUT2D eigenvalue weighted by molar-refractivity contribution is 5.95. The van der Waals surface area contributed by atoms with Gasteiger partial charge >= 0.3 is 0 Å². The van der Waals surface area contributed by atoms with Crippen LogP contribution in [0.3, 0.4) is 0 Å². The maximum absolute atomic E-state index is 13.8. The predicted molar refractivity (Wildman–Crippen MR) is 92.9 cm³/mol. The normalized spacial score (nSPS) is 20.0. The molecule has 0 radical (unpaired) electrons. The Hall–Kier alpha value is -2.80. The number of ether oxygens (including phenoxy) is 1. The summed E-state index contributed by atoms with van der Waals surface area (Å²) in [4.78, 5) is 30.0. The standard InChI is InChI=1S/C19H20FN3O3/c1-19(18(21)25)12-23(6-7-26-19)17(24)15-9-13(10-22-11-15)8-14-4-2-3-5-16(14)20/h2-5,9-11H,6-8,12H2,1H3,(H2,21,25)/t19-/m1/s1. The number of carbonyl (C=O) groups excluding carboxylic acids is 2. The summed E-state index contributed by atoms with van der Waals surface area (Å²) in [6.45, 7) is 2.24. The van der Waals surface area contributed by atoms with E-state index in [1.165, 1.54) is 17.2 Å². The third-order valence-electron chi connectivity index (χ3n) is 4.48. The molecule has 1 aliphatic rings. The van der Waals surface area contributed by atoms with Gasteiger partial charge in [0.15, 0.2) is 5.60 Å². The van der Waals surface area contributed by atoms with E-state index in [1.54, 1.807) is 37.4 Å². The van der Waals surface area contributed by atoms with Crippen molar-refractivity contribution in [3.63, 3.8) is 0 Å². The molecule has 0 aliphatic carbocycles. The van der Waals surface area contributed by atoms with Crippen molar-refractivity contribution in [3.05, 3.63) is 65.2 Å². The van der Waals surface area contributed by atoms with E-state index >= 15 is 0 Å². The molecule has 1 atom stereocenters. The van der Waals surface area contributed by atoms with Gasteiger partial charge in [-0.2, -0.15) is 0 Å². The molecule has 3 rings (SSSR count). The number of nitrogens with two attached hydrogens (primary N) is 1. The summed E-state index contributed by atoms with van der Waals surface area (Å²) in [5.74, 6) is -1.17. The van der Waals surface area contributed by atoms with Crippen LogP contribution in [0.1, 0.15) is 28.4 Å². The summed E-state index contributed by atoms with van der Waals surface area (Å²) in [5, 5.41) is 0.